The van der Waals surface area contributed by atoms with Gasteiger partial charge in [0, 0.05) is 7.05 Å². The van der Waals surface area contributed by atoms with Gasteiger partial charge in [-0.15, -0.1) is 0 Å². The molecule has 2 N–H and O–H groups in total. The van der Waals surface area contributed by atoms with Crippen molar-refractivity contribution in [2.75, 3.05) is 18.0 Å². The molecule has 0 saturated carbocycles. The van der Waals surface area contributed by atoms with Gasteiger partial charge >= 0.3 is 11.6 Å². The van der Waals surface area contributed by atoms with Crippen molar-refractivity contribution in [2.45, 2.75) is 33.2 Å². The zero-order valence-electron chi connectivity index (χ0n) is 12.8. The molecule has 1 aliphatic rings. The van der Waals surface area contributed by atoms with Crippen LogP contribution in [0, 0.1) is 5.92 Å². The van der Waals surface area contributed by atoms with Gasteiger partial charge in [-0.2, -0.15) is 0 Å². The van der Waals surface area contributed by atoms with Crippen LogP contribution in [0.2, 0.25) is 0 Å². The molecule has 1 aliphatic heterocycles. The monoisotopic (exact) mass is 292 g/mol. The van der Waals surface area contributed by atoms with E-state index < -0.39 is 5.69 Å². The topological polar surface area (TPSA) is 77.8 Å². The Morgan fingerprint density at radius 2 is 1.86 bits per heavy atom. The zero-order chi connectivity index (χ0) is 15.1. The summed E-state index contributed by atoms with van der Waals surface area (Å²) in [5.74, 6) is 1.34. The summed E-state index contributed by atoms with van der Waals surface area (Å²) in [7, 11) is 1.67. The van der Waals surface area contributed by atoms with Crippen LogP contribution in [0.4, 0.5) is 5.95 Å². The van der Waals surface area contributed by atoms with E-state index in [1.807, 2.05) is 4.57 Å². The van der Waals surface area contributed by atoms with Crippen LogP contribution in [0.1, 0.15) is 26.7 Å². The predicted octanol–water partition coefficient (Wildman–Crippen LogP) is 0.0986. The molecule has 0 radical (unpaired) electrons. The Hall–Kier alpha value is -2.05. The molecule has 0 aliphatic carbocycles. The summed E-state index contributed by atoms with van der Waals surface area (Å²) in [5, 5.41) is 0. The first-order valence-corrected chi connectivity index (χ1v) is 7.49. The number of rotatable bonds is 3. The first-order valence-electron chi connectivity index (χ1n) is 7.49. The highest BCUT2D eigenvalue weighted by Gasteiger charge is 2.29. The third-order valence-electron chi connectivity index (χ3n) is 4.01. The smallest absolute Gasteiger partial charge is 0.271 e. The average molecular weight is 292 g/mol. The minimum absolute atomic E-state index is 0.324. The Morgan fingerprint density at radius 3 is 2.48 bits per heavy atom. The number of fused-ring (bicyclic) bond motifs is 1. The Labute approximate surface area is 122 Å². The number of hydrogen-bond acceptors (Lipinski definition) is 3. The van der Waals surface area contributed by atoms with Crippen molar-refractivity contribution < 1.29 is 4.57 Å². The maximum atomic E-state index is 12.3. The fourth-order valence-corrected chi connectivity index (χ4v) is 3.00. The van der Waals surface area contributed by atoms with Gasteiger partial charge in [0.05, 0.1) is 19.6 Å². The Morgan fingerprint density at radius 1 is 1.19 bits per heavy atom. The van der Waals surface area contributed by atoms with E-state index in [-0.39, 0.29) is 5.56 Å². The van der Waals surface area contributed by atoms with Gasteiger partial charge in [0.1, 0.15) is 0 Å². The van der Waals surface area contributed by atoms with Crippen LogP contribution in [0.15, 0.2) is 9.59 Å². The standard InChI is InChI=1S/C14H21N5O2/c1-9(2)8-19-10-11(17(3)14(21)16-12(10)20)15-13(19)18-6-4-5-7-18/h9H,4-8H2,1-3H3,(H,16,20,21)/p+1. The van der Waals surface area contributed by atoms with Gasteiger partial charge < -0.3 is 0 Å². The third kappa shape index (κ3) is 2.26. The summed E-state index contributed by atoms with van der Waals surface area (Å²) in [6.07, 6.45) is 2.32. The van der Waals surface area contributed by atoms with Gasteiger partial charge in [-0.1, -0.05) is 13.8 Å². The van der Waals surface area contributed by atoms with E-state index in [1.165, 1.54) is 4.57 Å². The Balaban J connectivity index is 2.30. The highest BCUT2D eigenvalue weighted by molar-refractivity contribution is 5.67. The molecular weight excluding hydrogens is 270 g/mol. The second kappa shape index (κ2) is 5.05. The molecule has 1 saturated heterocycles. The summed E-state index contributed by atoms with van der Waals surface area (Å²) in [5.41, 5.74) is 0.424. The first kappa shape index (κ1) is 13.9. The maximum absolute atomic E-state index is 12.3. The van der Waals surface area contributed by atoms with Gasteiger partial charge in [-0.3, -0.25) is 19.2 Å². The molecule has 114 valence electrons. The fourth-order valence-electron chi connectivity index (χ4n) is 3.00. The number of anilines is 1. The molecule has 2 aromatic rings. The Bertz CT molecular complexity index is 777. The highest BCUT2D eigenvalue weighted by Crippen LogP contribution is 2.17. The van der Waals surface area contributed by atoms with Crippen LogP contribution < -0.4 is 20.7 Å². The van der Waals surface area contributed by atoms with Crippen LogP contribution in [-0.2, 0) is 13.6 Å². The van der Waals surface area contributed by atoms with Gasteiger partial charge in [0.15, 0.2) is 0 Å². The first-order chi connectivity index (χ1) is 9.99. The molecule has 0 amide bonds. The normalized spacial score (nSPS) is 15.5. The number of H-pyrrole nitrogens is 2. The van der Waals surface area contributed by atoms with Crippen LogP contribution in [0.3, 0.4) is 0 Å². The lowest BCUT2D eigenvalue weighted by molar-refractivity contribution is -0.665. The largest absolute Gasteiger partial charge is 0.359 e. The van der Waals surface area contributed by atoms with E-state index in [4.69, 9.17) is 0 Å². The zero-order valence-corrected chi connectivity index (χ0v) is 12.8. The second-order valence-electron chi connectivity index (χ2n) is 6.16. The van der Waals surface area contributed by atoms with Crippen LogP contribution >= 0.6 is 0 Å². The van der Waals surface area contributed by atoms with Crippen molar-refractivity contribution >= 4 is 17.1 Å². The molecule has 3 heterocycles. The maximum Gasteiger partial charge on any atom is 0.359 e. The molecule has 2 aromatic heterocycles. The number of nitrogens with one attached hydrogen (secondary N) is 2. The molecule has 7 nitrogen and oxygen atoms in total. The molecule has 3 rings (SSSR count). The fraction of sp³-hybridized carbons (Fsp3) is 0.643. The third-order valence-corrected chi connectivity index (χ3v) is 4.01. The molecule has 0 spiro atoms. The van der Waals surface area contributed by atoms with Crippen LogP contribution in [0.5, 0.6) is 0 Å². The minimum Gasteiger partial charge on any atom is -0.271 e. The summed E-state index contributed by atoms with van der Waals surface area (Å²) in [6.45, 7) is 6.95. The van der Waals surface area contributed by atoms with Crippen molar-refractivity contribution in [1.29, 1.82) is 0 Å². The van der Waals surface area contributed by atoms with E-state index in [1.54, 1.807) is 7.05 Å². The summed E-state index contributed by atoms with van der Waals surface area (Å²) in [4.78, 5) is 32.0. The van der Waals surface area contributed by atoms with E-state index >= 15 is 0 Å². The molecule has 0 aromatic carbocycles. The van der Waals surface area contributed by atoms with E-state index in [2.05, 4.69) is 28.7 Å². The van der Waals surface area contributed by atoms with Crippen LogP contribution in [-0.4, -0.2) is 27.6 Å². The molecule has 0 atom stereocenters. The number of imidazole rings is 1. The molecule has 1 fully saturated rings. The van der Waals surface area contributed by atoms with E-state index in [0.717, 1.165) is 38.4 Å². The SMILES string of the molecule is CC(C)C[n+]1c(N2CCCC2)[nH]c2c1c(=O)[nH]c(=O)n2C. The van der Waals surface area contributed by atoms with Gasteiger partial charge in [-0.25, -0.2) is 14.3 Å². The highest BCUT2D eigenvalue weighted by atomic mass is 16.2. The van der Waals surface area contributed by atoms with Gasteiger partial charge in [-0.05, 0) is 18.8 Å². The van der Waals surface area contributed by atoms with Crippen molar-refractivity contribution in [3.63, 3.8) is 0 Å². The number of hydrogen-bond donors (Lipinski definition) is 2. The van der Waals surface area contributed by atoms with Gasteiger partial charge in [0.25, 0.3) is 5.56 Å². The van der Waals surface area contributed by atoms with Crippen molar-refractivity contribution in [3.05, 3.63) is 20.8 Å². The van der Waals surface area contributed by atoms with Crippen LogP contribution in [0.25, 0.3) is 11.2 Å². The summed E-state index contributed by atoms with van der Waals surface area (Å²) < 4.78 is 3.48. The lowest BCUT2D eigenvalue weighted by Crippen LogP contribution is -2.45. The number of aryl methyl sites for hydroxylation is 1. The molecule has 7 heteroatoms. The van der Waals surface area contributed by atoms with E-state index in [0.29, 0.717) is 17.1 Å². The molecule has 21 heavy (non-hydrogen) atoms. The minimum atomic E-state index is -0.390. The number of nitrogens with zero attached hydrogens (tertiary/aromatic N) is 3. The van der Waals surface area contributed by atoms with Crippen molar-refractivity contribution in [2.24, 2.45) is 13.0 Å². The van der Waals surface area contributed by atoms with E-state index in [9.17, 15) is 9.59 Å². The summed E-state index contributed by atoms with van der Waals surface area (Å²) in [6, 6.07) is 0. The average Bonchev–Trinajstić information content (AvgIpc) is 3.02. The molecule has 0 unspecified atom stereocenters. The second-order valence-corrected chi connectivity index (χ2v) is 6.16. The lowest BCUT2D eigenvalue weighted by Gasteiger charge is -2.12. The van der Waals surface area contributed by atoms with Crippen molar-refractivity contribution in [1.82, 2.24) is 14.5 Å². The van der Waals surface area contributed by atoms with Gasteiger partial charge in [0.2, 0.25) is 11.2 Å². The van der Waals surface area contributed by atoms with Crippen molar-refractivity contribution in [3.8, 4) is 0 Å². The quantitative estimate of drug-likeness (QED) is 0.788. The molecule has 0 bridgehead atoms. The Kier molecular flexibility index (Phi) is 3.35. The lowest BCUT2D eigenvalue weighted by atomic mass is 10.2. The number of aromatic nitrogens is 4. The molecular formula is C14H22N5O2+. The summed E-state index contributed by atoms with van der Waals surface area (Å²) >= 11 is 0. The number of aromatic amines is 2. The predicted molar refractivity (Wildman–Crippen MR) is 80.6 cm³/mol.